The van der Waals surface area contributed by atoms with Crippen LogP contribution in [0.25, 0.3) is 10.9 Å². The minimum Gasteiger partial charge on any atom is -0.396 e. The standard InChI is InChI=1S/C17H22N2O2/c1-4-17(3,10-11-20)19-16(21)14-7-5-6-13-9-8-12(2)18-15(13)14/h5-9,20H,4,10-11H2,1-3H3,(H,19,21). The van der Waals surface area contributed by atoms with Crippen molar-refractivity contribution in [1.29, 1.82) is 0 Å². The topological polar surface area (TPSA) is 62.2 Å². The quantitative estimate of drug-likeness (QED) is 0.888. The van der Waals surface area contributed by atoms with Crippen molar-refractivity contribution in [3.63, 3.8) is 0 Å². The van der Waals surface area contributed by atoms with Gasteiger partial charge >= 0.3 is 0 Å². The molecule has 21 heavy (non-hydrogen) atoms. The van der Waals surface area contributed by atoms with E-state index in [0.29, 0.717) is 12.0 Å². The molecule has 0 fully saturated rings. The second-order valence-corrected chi connectivity index (χ2v) is 5.67. The van der Waals surface area contributed by atoms with E-state index in [-0.39, 0.29) is 12.5 Å². The lowest BCUT2D eigenvalue weighted by Gasteiger charge is -2.29. The predicted octanol–water partition coefficient (Wildman–Crippen LogP) is 2.82. The number of hydrogen-bond acceptors (Lipinski definition) is 3. The van der Waals surface area contributed by atoms with Gasteiger partial charge in [0.25, 0.3) is 5.91 Å². The lowest BCUT2D eigenvalue weighted by atomic mass is 9.94. The number of nitrogens with one attached hydrogen (secondary N) is 1. The average Bonchev–Trinajstić information content (AvgIpc) is 2.46. The number of benzene rings is 1. The highest BCUT2D eigenvalue weighted by Crippen LogP contribution is 2.20. The Kier molecular flexibility index (Phi) is 4.58. The molecule has 1 aromatic heterocycles. The van der Waals surface area contributed by atoms with Crippen LogP contribution >= 0.6 is 0 Å². The van der Waals surface area contributed by atoms with Gasteiger partial charge in [0.1, 0.15) is 0 Å². The normalized spacial score (nSPS) is 13.9. The fraction of sp³-hybridized carbons (Fsp3) is 0.412. The lowest BCUT2D eigenvalue weighted by molar-refractivity contribution is 0.0887. The van der Waals surface area contributed by atoms with Gasteiger partial charge in [0, 0.05) is 23.2 Å². The van der Waals surface area contributed by atoms with E-state index in [9.17, 15) is 4.79 Å². The number of para-hydroxylation sites is 1. The molecule has 0 aliphatic carbocycles. The summed E-state index contributed by atoms with van der Waals surface area (Å²) in [5, 5.41) is 13.1. The molecule has 2 rings (SSSR count). The van der Waals surface area contributed by atoms with Gasteiger partial charge in [-0.1, -0.05) is 25.1 Å². The summed E-state index contributed by atoms with van der Waals surface area (Å²) in [6, 6.07) is 9.52. The lowest BCUT2D eigenvalue weighted by Crippen LogP contribution is -2.46. The Labute approximate surface area is 125 Å². The molecule has 0 radical (unpaired) electrons. The third-order valence-electron chi connectivity index (χ3n) is 3.96. The molecule has 2 aromatic rings. The zero-order valence-electron chi connectivity index (χ0n) is 12.8. The summed E-state index contributed by atoms with van der Waals surface area (Å²) in [5.74, 6) is -0.142. The highest BCUT2D eigenvalue weighted by molar-refractivity contribution is 6.05. The van der Waals surface area contributed by atoms with Crippen LogP contribution in [0, 0.1) is 6.92 Å². The molecule has 0 saturated carbocycles. The molecule has 1 aromatic carbocycles. The van der Waals surface area contributed by atoms with Crippen LogP contribution in [0.15, 0.2) is 30.3 Å². The van der Waals surface area contributed by atoms with Crippen LogP contribution < -0.4 is 5.32 Å². The summed E-state index contributed by atoms with van der Waals surface area (Å²) < 4.78 is 0. The first-order chi connectivity index (χ1) is 9.99. The molecule has 2 N–H and O–H groups in total. The van der Waals surface area contributed by atoms with Crippen molar-refractivity contribution in [3.05, 3.63) is 41.6 Å². The van der Waals surface area contributed by atoms with Crippen molar-refractivity contribution in [1.82, 2.24) is 10.3 Å². The Balaban J connectivity index is 2.37. The van der Waals surface area contributed by atoms with Gasteiger partial charge in [-0.3, -0.25) is 9.78 Å². The van der Waals surface area contributed by atoms with E-state index in [2.05, 4.69) is 10.3 Å². The number of aliphatic hydroxyl groups excluding tert-OH is 1. The molecule has 0 saturated heterocycles. The number of rotatable bonds is 5. The molecule has 1 heterocycles. The molecule has 1 atom stereocenters. The molecular weight excluding hydrogens is 264 g/mol. The number of hydrogen-bond donors (Lipinski definition) is 2. The minimum absolute atomic E-state index is 0.0531. The smallest absolute Gasteiger partial charge is 0.253 e. The Morgan fingerprint density at radius 2 is 2.10 bits per heavy atom. The van der Waals surface area contributed by atoms with Crippen molar-refractivity contribution < 1.29 is 9.90 Å². The first-order valence-corrected chi connectivity index (χ1v) is 7.29. The molecule has 0 aliphatic rings. The summed E-state index contributed by atoms with van der Waals surface area (Å²) in [5.41, 5.74) is 1.78. The second kappa shape index (κ2) is 6.22. The maximum atomic E-state index is 12.6. The van der Waals surface area contributed by atoms with Crippen LogP contribution in [0.1, 0.15) is 42.7 Å². The first kappa shape index (κ1) is 15.4. The maximum absolute atomic E-state index is 12.6. The summed E-state index contributed by atoms with van der Waals surface area (Å²) in [7, 11) is 0. The molecule has 0 spiro atoms. The van der Waals surface area contributed by atoms with Crippen molar-refractivity contribution >= 4 is 16.8 Å². The Morgan fingerprint density at radius 3 is 2.76 bits per heavy atom. The fourth-order valence-corrected chi connectivity index (χ4v) is 2.34. The van der Waals surface area contributed by atoms with E-state index in [1.807, 2.05) is 45.0 Å². The monoisotopic (exact) mass is 286 g/mol. The van der Waals surface area contributed by atoms with Gasteiger partial charge in [-0.25, -0.2) is 0 Å². The molecule has 4 heteroatoms. The van der Waals surface area contributed by atoms with Crippen molar-refractivity contribution in [2.24, 2.45) is 0 Å². The Hall–Kier alpha value is -1.94. The SMILES string of the molecule is CCC(C)(CCO)NC(=O)c1cccc2ccc(C)nc12. The van der Waals surface area contributed by atoms with Gasteiger partial charge in [0.05, 0.1) is 11.1 Å². The molecule has 0 bridgehead atoms. The summed E-state index contributed by atoms with van der Waals surface area (Å²) in [6.07, 6.45) is 1.29. The number of aryl methyl sites for hydroxylation is 1. The number of carbonyl (C=O) groups is 1. The number of nitrogens with zero attached hydrogens (tertiary/aromatic N) is 1. The zero-order chi connectivity index (χ0) is 15.5. The first-order valence-electron chi connectivity index (χ1n) is 7.29. The third kappa shape index (κ3) is 3.39. The van der Waals surface area contributed by atoms with Crippen molar-refractivity contribution in [2.75, 3.05) is 6.61 Å². The molecule has 4 nitrogen and oxygen atoms in total. The van der Waals surface area contributed by atoms with Crippen LogP contribution in [-0.4, -0.2) is 28.1 Å². The molecule has 0 aliphatic heterocycles. The van der Waals surface area contributed by atoms with Crippen molar-refractivity contribution in [2.45, 2.75) is 39.2 Å². The number of amides is 1. The Bertz CT molecular complexity index is 654. The van der Waals surface area contributed by atoms with E-state index in [1.54, 1.807) is 6.07 Å². The molecule has 1 unspecified atom stereocenters. The zero-order valence-corrected chi connectivity index (χ0v) is 12.8. The molecule has 1 amide bonds. The number of pyridine rings is 1. The maximum Gasteiger partial charge on any atom is 0.253 e. The average molecular weight is 286 g/mol. The van der Waals surface area contributed by atoms with Crippen LogP contribution in [0.5, 0.6) is 0 Å². The number of fused-ring (bicyclic) bond motifs is 1. The Morgan fingerprint density at radius 1 is 1.33 bits per heavy atom. The van der Waals surface area contributed by atoms with Gasteiger partial charge < -0.3 is 10.4 Å². The fourth-order valence-electron chi connectivity index (χ4n) is 2.34. The van der Waals surface area contributed by atoms with Gasteiger partial charge in [0.15, 0.2) is 0 Å². The van der Waals surface area contributed by atoms with Gasteiger partial charge in [-0.05, 0) is 38.8 Å². The van der Waals surface area contributed by atoms with Crippen LogP contribution in [-0.2, 0) is 0 Å². The van der Waals surface area contributed by atoms with Gasteiger partial charge in [-0.15, -0.1) is 0 Å². The van der Waals surface area contributed by atoms with Crippen LogP contribution in [0.4, 0.5) is 0 Å². The van der Waals surface area contributed by atoms with Gasteiger partial charge in [0.2, 0.25) is 0 Å². The highest BCUT2D eigenvalue weighted by atomic mass is 16.3. The van der Waals surface area contributed by atoms with E-state index in [0.717, 1.165) is 23.0 Å². The van der Waals surface area contributed by atoms with Crippen LogP contribution in [0.2, 0.25) is 0 Å². The number of carbonyl (C=O) groups excluding carboxylic acids is 1. The minimum atomic E-state index is -0.405. The van der Waals surface area contributed by atoms with Crippen LogP contribution in [0.3, 0.4) is 0 Å². The largest absolute Gasteiger partial charge is 0.396 e. The summed E-state index contributed by atoms with van der Waals surface area (Å²) in [6.45, 7) is 5.92. The highest BCUT2D eigenvalue weighted by Gasteiger charge is 2.25. The van der Waals surface area contributed by atoms with Gasteiger partial charge in [-0.2, -0.15) is 0 Å². The van der Waals surface area contributed by atoms with Crippen molar-refractivity contribution in [3.8, 4) is 0 Å². The summed E-state index contributed by atoms with van der Waals surface area (Å²) in [4.78, 5) is 17.1. The van der Waals surface area contributed by atoms with E-state index >= 15 is 0 Å². The number of aromatic nitrogens is 1. The predicted molar refractivity (Wildman–Crippen MR) is 84.3 cm³/mol. The second-order valence-electron chi connectivity index (χ2n) is 5.67. The summed E-state index contributed by atoms with van der Waals surface area (Å²) >= 11 is 0. The molecule has 112 valence electrons. The van der Waals surface area contributed by atoms with E-state index < -0.39 is 5.54 Å². The van der Waals surface area contributed by atoms with E-state index in [1.165, 1.54) is 0 Å². The molecular formula is C17H22N2O2. The number of aliphatic hydroxyl groups is 1. The van der Waals surface area contributed by atoms with E-state index in [4.69, 9.17) is 5.11 Å². The third-order valence-corrected chi connectivity index (χ3v) is 3.96.